The highest BCUT2D eigenvalue weighted by Gasteiger charge is 2.19. The van der Waals surface area contributed by atoms with E-state index in [9.17, 15) is 5.26 Å². The van der Waals surface area contributed by atoms with Crippen molar-refractivity contribution in [1.82, 2.24) is 15.0 Å². The van der Waals surface area contributed by atoms with Gasteiger partial charge in [0.05, 0.1) is 11.6 Å². The van der Waals surface area contributed by atoms with Crippen LogP contribution in [0.4, 0.5) is 0 Å². The molecule has 13 rings (SSSR count). The summed E-state index contributed by atoms with van der Waals surface area (Å²) >= 11 is 1.79. The van der Waals surface area contributed by atoms with Crippen LogP contribution in [0.3, 0.4) is 0 Å². The third-order valence-corrected chi connectivity index (χ3v) is 13.9. The van der Waals surface area contributed by atoms with Crippen LogP contribution < -0.4 is 0 Å². The lowest BCUT2D eigenvalue weighted by molar-refractivity contribution is 0.673. The van der Waals surface area contributed by atoms with Gasteiger partial charge >= 0.3 is 0 Å². The minimum atomic E-state index is 0.613. The summed E-state index contributed by atoms with van der Waals surface area (Å²) in [5.74, 6) is 1.88. The molecule has 0 saturated carbocycles. The maximum absolute atomic E-state index is 9.34. The van der Waals surface area contributed by atoms with E-state index in [1.54, 1.807) is 11.3 Å². The molecular weight excluding hydrogens is 825 g/mol. The minimum absolute atomic E-state index is 0.613. The van der Waals surface area contributed by atoms with Gasteiger partial charge in [0, 0.05) is 53.0 Å². The first-order valence-corrected chi connectivity index (χ1v) is 22.7. The number of fused-ring (bicyclic) bond motifs is 11. The van der Waals surface area contributed by atoms with Crippen molar-refractivity contribution in [3.05, 3.63) is 212 Å². The van der Waals surface area contributed by atoms with Gasteiger partial charge < -0.3 is 4.42 Å². The molecule has 3 aromatic heterocycles. The molecule has 0 fully saturated rings. The lowest BCUT2D eigenvalue weighted by Crippen LogP contribution is -2.00. The molecule has 6 heteroatoms. The predicted molar refractivity (Wildman–Crippen MR) is 272 cm³/mol. The van der Waals surface area contributed by atoms with Crippen LogP contribution in [0.2, 0.25) is 0 Å². The molecule has 66 heavy (non-hydrogen) atoms. The molecular formula is C60H34N4OS. The highest BCUT2D eigenvalue weighted by molar-refractivity contribution is 7.25. The fraction of sp³-hybridized carbons (Fsp3) is 0. The van der Waals surface area contributed by atoms with Gasteiger partial charge in [-0.25, -0.2) is 15.0 Å². The fourth-order valence-electron chi connectivity index (χ4n) is 9.48. The molecule has 0 spiro atoms. The molecule has 13 aromatic rings. The zero-order valence-electron chi connectivity index (χ0n) is 35.2. The topological polar surface area (TPSA) is 75.6 Å². The summed E-state index contributed by atoms with van der Waals surface area (Å²) in [7, 11) is 0. The number of nitriles is 1. The second-order valence-corrected chi connectivity index (χ2v) is 17.7. The summed E-state index contributed by atoms with van der Waals surface area (Å²) in [6.07, 6.45) is 0. The first kappa shape index (κ1) is 37.8. The molecule has 0 amide bonds. The smallest absolute Gasteiger partial charge is 0.164 e. The summed E-state index contributed by atoms with van der Waals surface area (Å²) in [4.78, 5) is 15.3. The molecule has 0 aliphatic rings. The average Bonchev–Trinajstić information content (AvgIpc) is 3.98. The highest BCUT2D eigenvalue weighted by Crippen LogP contribution is 2.44. The van der Waals surface area contributed by atoms with Crippen LogP contribution in [0.5, 0.6) is 0 Å². The molecule has 3 heterocycles. The molecule has 0 radical (unpaired) electrons. The molecule has 0 atom stereocenters. The standard InChI is InChI=1S/C60H34N4OS/c61-35-36-20-22-37(23-21-36)39-12-8-13-40(30-39)42-24-27-46-47-28-25-43(33-52(47)57-56(51(46)32-42)50-17-4-6-18-53(50)65-57)41-14-9-15-44(31-41)59-62-58(38-10-2-1-3-11-38)63-60(64-59)45-26-29-49-48-16-5-7-19-54(48)66-55(49)34-45/h1-34H. The van der Waals surface area contributed by atoms with Crippen LogP contribution in [0, 0.1) is 11.3 Å². The number of nitrogens with zero attached hydrogens (tertiary/aromatic N) is 4. The summed E-state index contributed by atoms with van der Waals surface area (Å²) in [5, 5.41) is 18.5. The van der Waals surface area contributed by atoms with E-state index in [0.717, 1.165) is 93.6 Å². The molecule has 0 bridgehead atoms. The van der Waals surface area contributed by atoms with Gasteiger partial charge in [0.2, 0.25) is 0 Å². The van der Waals surface area contributed by atoms with E-state index >= 15 is 0 Å². The number of hydrogen-bond acceptors (Lipinski definition) is 6. The Morgan fingerprint density at radius 2 is 0.848 bits per heavy atom. The van der Waals surface area contributed by atoms with Crippen LogP contribution >= 0.6 is 11.3 Å². The Labute approximate surface area is 383 Å². The molecule has 0 aliphatic carbocycles. The third kappa shape index (κ3) is 6.33. The maximum atomic E-state index is 9.34. The van der Waals surface area contributed by atoms with Gasteiger partial charge in [-0.1, -0.05) is 152 Å². The maximum Gasteiger partial charge on any atom is 0.164 e. The second kappa shape index (κ2) is 15.2. The number of para-hydroxylation sites is 1. The van der Waals surface area contributed by atoms with Crippen LogP contribution in [0.15, 0.2) is 211 Å². The number of rotatable bonds is 6. The van der Waals surface area contributed by atoms with Crippen molar-refractivity contribution in [3.8, 4) is 73.6 Å². The Morgan fingerprint density at radius 3 is 1.59 bits per heavy atom. The summed E-state index contributed by atoms with van der Waals surface area (Å²) < 4.78 is 9.27. The van der Waals surface area contributed by atoms with E-state index in [1.165, 1.54) is 20.2 Å². The number of thiophene rings is 1. The van der Waals surface area contributed by atoms with E-state index in [-0.39, 0.29) is 0 Å². The van der Waals surface area contributed by atoms with Gasteiger partial charge in [0.15, 0.2) is 17.5 Å². The van der Waals surface area contributed by atoms with Crippen molar-refractivity contribution in [2.45, 2.75) is 0 Å². The molecule has 10 aromatic carbocycles. The number of hydrogen-bond donors (Lipinski definition) is 0. The van der Waals surface area contributed by atoms with Crippen molar-refractivity contribution < 1.29 is 4.42 Å². The van der Waals surface area contributed by atoms with E-state index in [0.29, 0.717) is 23.0 Å². The van der Waals surface area contributed by atoms with Gasteiger partial charge in [0.25, 0.3) is 0 Å². The number of furan rings is 1. The zero-order chi connectivity index (χ0) is 43.7. The molecule has 306 valence electrons. The highest BCUT2D eigenvalue weighted by atomic mass is 32.1. The molecule has 5 nitrogen and oxygen atoms in total. The van der Waals surface area contributed by atoms with Crippen molar-refractivity contribution in [1.29, 1.82) is 5.26 Å². The van der Waals surface area contributed by atoms with E-state index in [2.05, 4.69) is 152 Å². The number of benzene rings is 10. The Bertz CT molecular complexity index is 4130. The monoisotopic (exact) mass is 858 g/mol. The Hall–Kier alpha value is -8.76. The largest absolute Gasteiger partial charge is 0.455 e. The van der Waals surface area contributed by atoms with Crippen LogP contribution in [0.25, 0.3) is 131 Å². The van der Waals surface area contributed by atoms with Gasteiger partial charge in [-0.05, 0) is 104 Å². The minimum Gasteiger partial charge on any atom is -0.455 e. The Balaban J connectivity index is 0.933. The Kier molecular flexibility index (Phi) is 8.70. The normalized spacial score (nSPS) is 11.6. The van der Waals surface area contributed by atoms with Crippen molar-refractivity contribution in [3.63, 3.8) is 0 Å². The lowest BCUT2D eigenvalue weighted by Gasteiger charge is -2.12. The summed E-state index contributed by atoms with van der Waals surface area (Å²) in [5.41, 5.74) is 11.7. The fourth-order valence-corrected chi connectivity index (χ4v) is 10.6. The third-order valence-electron chi connectivity index (χ3n) is 12.7. The van der Waals surface area contributed by atoms with Crippen LogP contribution in [-0.2, 0) is 0 Å². The van der Waals surface area contributed by atoms with E-state index < -0.39 is 0 Å². The zero-order valence-corrected chi connectivity index (χ0v) is 36.1. The van der Waals surface area contributed by atoms with Gasteiger partial charge in [-0.3, -0.25) is 0 Å². The first-order valence-electron chi connectivity index (χ1n) is 21.9. The van der Waals surface area contributed by atoms with Gasteiger partial charge in [-0.2, -0.15) is 5.26 Å². The lowest BCUT2D eigenvalue weighted by atomic mass is 9.91. The van der Waals surface area contributed by atoms with Gasteiger partial charge in [-0.15, -0.1) is 11.3 Å². The van der Waals surface area contributed by atoms with Crippen molar-refractivity contribution in [2.75, 3.05) is 0 Å². The van der Waals surface area contributed by atoms with Crippen LogP contribution in [-0.4, -0.2) is 15.0 Å². The predicted octanol–water partition coefficient (Wildman–Crippen LogP) is 16.3. The van der Waals surface area contributed by atoms with Gasteiger partial charge in [0.1, 0.15) is 11.2 Å². The Morgan fingerprint density at radius 1 is 0.348 bits per heavy atom. The van der Waals surface area contributed by atoms with Crippen molar-refractivity contribution >= 4 is 75.0 Å². The quantitative estimate of drug-likeness (QED) is 0.156. The summed E-state index contributed by atoms with van der Waals surface area (Å²) in [6, 6.07) is 74.1. The second-order valence-electron chi connectivity index (χ2n) is 16.7. The molecule has 0 saturated heterocycles. The molecule has 0 unspecified atom stereocenters. The molecule has 0 aliphatic heterocycles. The number of aromatic nitrogens is 3. The average molecular weight is 859 g/mol. The van der Waals surface area contributed by atoms with Crippen molar-refractivity contribution in [2.24, 2.45) is 0 Å². The van der Waals surface area contributed by atoms with E-state index in [4.69, 9.17) is 19.4 Å². The van der Waals surface area contributed by atoms with Crippen LogP contribution in [0.1, 0.15) is 5.56 Å². The first-order chi connectivity index (χ1) is 32.6. The summed E-state index contributed by atoms with van der Waals surface area (Å²) in [6.45, 7) is 0. The SMILES string of the molecule is N#Cc1ccc(-c2cccc(-c3ccc4c5ccc(-c6cccc(-c7nc(-c8ccccc8)nc(-c8ccc9c(c8)sc8ccccc89)n7)c6)cc5c5oc6ccccc6c5c4c3)c2)cc1. The van der Waals surface area contributed by atoms with E-state index in [1.807, 2.05) is 60.7 Å². The molecule has 0 N–H and O–H groups in total.